The Balaban J connectivity index is 1.58. The highest BCUT2D eigenvalue weighted by molar-refractivity contribution is 5.34. The molecule has 2 aromatic rings. The van der Waals surface area contributed by atoms with Crippen LogP contribution in [0.1, 0.15) is 43.4 Å². The van der Waals surface area contributed by atoms with Crippen LogP contribution in [0.3, 0.4) is 0 Å². The van der Waals surface area contributed by atoms with E-state index >= 15 is 0 Å². The zero-order valence-electron chi connectivity index (χ0n) is 13.0. The van der Waals surface area contributed by atoms with E-state index in [1.807, 2.05) is 19.1 Å². The van der Waals surface area contributed by atoms with E-state index in [-0.39, 0.29) is 0 Å². The van der Waals surface area contributed by atoms with Crippen LogP contribution < -0.4 is 10.1 Å². The highest BCUT2D eigenvalue weighted by atomic mass is 16.5. The lowest BCUT2D eigenvalue weighted by atomic mass is 9.98. The lowest BCUT2D eigenvalue weighted by Gasteiger charge is -2.22. The third-order valence-corrected chi connectivity index (χ3v) is 3.87. The second-order valence-electron chi connectivity index (χ2n) is 5.78. The van der Waals surface area contributed by atoms with Gasteiger partial charge in [0, 0.05) is 25.0 Å². The molecule has 22 heavy (non-hydrogen) atoms. The van der Waals surface area contributed by atoms with Crippen LogP contribution >= 0.6 is 0 Å². The standard InChI is InChI=1S/C17H22N4O/c1-13-10-18-12-16(21-13)20-11-14-7-8-19-17(9-14)22-15-5-3-2-4-6-15/h7-10,12,15H,2-6,11H2,1H3,(H,20,21). The number of hydrogen-bond donors (Lipinski definition) is 1. The average molecular weight is 298 g/mol. The summed E-state index contributed by atoms with van der Waals surface area (Å²) >= 11 is 0. The molecule has 1 aliphatic rings. The van der Waals surface area contributed by atoms with Crippen molar-refractivity contribution in [1.82, 2.24) is 15.0 Å². The van der Waals surface area contributed by atoms with Crippen LogP contribution in [-0.2, 0) is 6.54 Å². The maximum absolute atomic E-state index is 6.00. The van der Waals surface area contributed by atoms with E-state index < -0.39 is 0 Å². The minimum atomic E-state index is 0.326. The highest BCUT2D eigenvalue weighted by Crippen LogP contribution is 2.22. The summed E-state index contributed by atoms with van der Waals surface area (Å²) in [6, 6.07) is 3.99. The first-order valence-corrected chi connectivity index (χ1v) is 7.94. The van der Waals surface area contributed by atoms with Crippen molar-refractivity contribution in [3.8, 4) is 5.88 Å². The monoisotopic (exact) mass is 298 g/mol. The molecule has 1 saturated carbocycles. The van der Waals surface area contributed by atoms with Crippen molar-refractivity contribution in [1.29, 1.82) is 0 Å². The molecule has 1 fully saturated rings. The van der Waals surface area contributed by atoms with Crippen LogP contribution in [0.4, 0.5) is 5.82 Å². The van der Waals surface area contributed by atoms with Gasteiger partial charge in [0.1, 0.15) is 11.9 Å². The smallest absolute Gasteiger partial charge is 0.213 e. The van der Waals surface area contributed by atoms with Crippen molar-refractivity contribution in [2.45, 2.75) is 51.7 Å². The number of pyridine rings is 1. The minimum absolute atomic E-state index is 0.326. The number of ether oxygens (including phenoxy) is 1. The molecule has 2 heterocycles. The second-order valence-corrected chi connectivity index (χ2v) is 5.78. The molecule has 5 nitrogen and oxygen atoms in total. The Morgan fingerprint density at radius 1 is 1.23 bits per heavy atom. The van der Waals surface area contributed by atoms with Gasteiger partial charge in [0.2, 0.25) is 5.88 Å². The van der Waals surface area contributed by atoms with E-state index in [0.717, 1.165) is 35.8 Å². The van der Waals surface area contributed by atoms with Crippen LogP contribution in [0.15, 0.2) is 30.7 Å². The van der Waals surface area contributed by atoms with Gasteiger partial charge < -0.3 is 10.1 Å². The van der Waals surface area contributed by atoms with Gasteiger partial charge in [0.25, 0.3) is 0 Å². The van der Waals surface area contributed by atoms with E-state index in [1.54, 1.807) is 18.6 Å². The molecule has 1 aliphatic carbocycles. The number of aryl methyl sites for hydroxylation is 1. The van der Waals surface area contributed by atoms with Crippen LogP contribution in [-0.4, -0.2) is 21.1 Å². The molecular weight excluding hydrogens is 276 g/mol. The molecule has 0 saturated heterocycles. The first-order chi connectivity index (χ1) is 10.8. The minimum Gasteiger partial charge on any atom is -0.474 e. The van der Waals surface area contributed by atoms with Crippen molar-refractivity contribution in [2.75, 3.05) is 5.32 Å². The largest absolute Gasteiger partial charge is 0.474 e. The Morgan fingerprint density at radius 3 is 2.91 bits per heavy atom. The zero-order chi connectivity index (χ0) is 15.2. The van der Waals surface area contributed by atoms with Gasteiger partial charge in [-0.1, -0.05) is 6.42 Å². The Morgan fingerprint density at radius 2 is 2.09 bits per heavy atom. The molecule has 116 valence electrons. The fraction of sp³-hybridized carbons (Fsp3) is 0.471. The Bertz CT molecular complexity index is 611. The van der Waals surface area contributed by atoms with Crippen molar-refractivity contribution >= 4 is 5.82 Å². The van der Waals surface area contributed by atoms with E-state index in [0.29, 0.717) is 12.6 Å². The Labute approximate surface area is 131 Å². The zero-order valence-corrected chi connectivity index (χ0v) is 13.0. The summed E-state index contributed by atoms with van der Waals surface area (Å²) in [5.41, 5.74) is 2.03. The van der Waals surface area contributed by atoms with Crippen LogP contribution in [0.2, 0.25) is 0 Å². The summed E-state index contributed by atoms with van der Waals surface area (Å²) in [5.74, 6) is 1.51. The molecule has 0 amide bonds. The number of anilines is 1. The molecular formula is C17H22N4O. The quantitative estimate of drug-likeness (QED) is 0.915. The lowest BCUT2D eigenvalue weighted by Crippen LogP contribution is -2.20. The second kappa shape index (κ2) is 7.20. The van der Waals surface area contributed by atoms with Gasteiger partial charge in [0.15, 0.2) is 0 Å². The molecule has 0 bridgehead atoms. The molecule has 1 N–H and O–H groups in total. The van der Waals surface area contributed by atoms with Crippen LogP contribution in [0.25, 0.3) is 0 Å². The topological polar surface area (TPSA) is 59.9 Å². The number of nitrogens with one attached hydrogen (secondary N) is 1. The summed E-state index contributed by atoms with van der Waals surface area (Å²) in [5, 5.41) is 3.28. The van der Waals surface area contributed by atoms with Crippen LogP contribution in [0.5, 0.6) is 5.88 Å². The molecule has 0 spiro atoms. The number of aromatic nitrogens is 3. The van der Waals surface area contributed by atoms with E-state index in [9.17, 15) is 0 Å². The van der Waals surface area contributed by atoms with Gasteiger partial charge in [0.05, 0.1) is 11.9 Å². The summed E-state index contributed by atoms with van der Waals surface area (Å²) < 4.78 is 6.00. The summed E-state index contributed by atoms with van der Waals surface area (Å²) in [6.45, 7) is 2.61. The first-order valence-electron chi connectivity index (χ1n) is 7.94. The van der Waals surface area contributed by atoms with Crippen molar-refractivity contribution in [2.24, 2.45) is 0 Å². The number of hydrogen-bond acceptors (Lipinski definition) is 5. The maximum atomic E-state index is 6.00. The van der Waals surface area contributed by atoms with E-state index in [4.69, 9.17) is 4.74 Å². The molecule has 0 atom stereocenters. The highest BCUT2D eigenvalue weighted by Gasteiger charge is 2.15. The van der Waals surface area contributed by atoms with Crippen molar-refractivity contribution in [3.63, 3.8) is 0 Å². The number of nitrogens with zero attached hydrogens (tertiary/aromatic N) is 3. The molecule has 0 aliphatic heterocycles. The maximum Gasteiger partial charge on any atom is 0.213 e. The third-order valence-electron chi connectivity index (χ3n) is 3.87. The fourth-order valence-electron chi connectivity index (χ4n) is 2.72. The fourth-order valence-corrected chi connectivity index (χ4v) is 2.72. The van der Waals surface area contributed by atoms with Crippen molar-refractivity contribution in [3.05, 3.63) is 42.0 Å². The predicted octanol–water partition coefficient (Wildman–Crippen LogP) is 3.50. The van der Waals surface area contributed by atoms with E-state index in [2.05, 4.69) is 20.3 Å². The van der Waals surface area contributed by atoms with Gasteiger partial charge in [-0.15, -0.1) is 0 Å². The number of rotatable bonds is 5. The SMILES string of the molecule is Cc1cncc(NCc2ccnc(OC3CCCCC3)c2)n1. The van der Waals surface area contributed by atoms with Gasteiger partial charge in [-0.25, -0.2) is 9.97 Å². The van der Waals surface area contributed by atoms with Crippen LogP contribution in [0, 0.1) is 6.92 Å². The van der Waals surface area contributed by atoms with Crippen molar-refractivity contribution < 1.29 is 4.74 Å². The summed E-state index contributed by atoms with van der Waals surface area (Å²) in [7, 11) is 0. The molecule has 0 aromatic carbocycles. The molecule has 5 heteroatoms. The Kier molecular flexibility index (Phi) is 4.83. The van der Waals surface area contributed by atoms with E-state index in [1.165, 1.54) is 19.3 Å². The molecule has 3 rings (SSSR count). The predicted molar refractivity (Wildman–Crippen MR) is 85.8 cm³/mol. The van der Waals surface area contributed by atoms with Gasteiger partial charge in [-0.05, 0) is 44.2 Å². The normalized spacial score (nSPS) is 15.5. The summed E-state index contributed by atoms with van der Waals surface area (Å²) in [6.07, 6.45) is 11.7. The molecule has 2 aromatic heterocycles. The van der Waals surface area contributed by atoms with Gasteiger partial charge >= 0.3 is 0 Å². The lowest BCUT2D eigenvalue weighted by molar-refractivity contribution is 0.148. The average Bonchev–Trinajstić information content (AvgIpc) is 2.54. The summed E-state index contributed by atoms with van der Waals surface area (Å²) in [4.78, 5) is 12.8. The Hall–Kier alpha value is -2.17. The molecule has 0 unspecified atom stereocenters. The molecule has 0 radical (unpaired) electrons. The first kappa shape index (κ1) is 14.8. The van der Waals surface area contributed by atoms with Gasteiger partial charge in [-0.3, -0.25) is 4.98 Å². The van der Waals surface area contributed by atoms with Gasteiger partial charge in [-0.2, -0.15) is 0 Å². The third kappa shape index (κ3) is 4.16.